The van der Waals surface area contributed by atoms with Gasteiger partial charge in [-0.2, -0.15) is 0 Å². The van der Waals surface area contributed by atoms with Crippen molar-refractivity contribution >= 4 is 11.8 Å². The second-order valence-electron chi connectivity index (χ2n) is 8.44. The van der Waals surface area contributed by atoms with E-state index in [-0.39, 0.29) is 17.9 Å². The Hall–Kier alpha value is -3.60. The lowest BCUT2D eigenvalue weighted by Gasteiger charge is -2.28. The molecule has 1 heterocycles. The van der Waals surface area contributed by atoms with Crippen LogP contribution in [0.2, 0.25) is 0 Å². The van der Waals surface area contributed by atoms with Gasteiger partial charge in [0.2, 0.25) is 0 Å². The highest BCUT2D eigenvalue weighted by Gasteiger charge is 2.27. The van der Waals surface area contributed by atoms with Gasteiger partial charge in [-0.25, -0.2) is 0 Å². The zero-order valence-electron chi connectivity index (χ0n) is 19.2. The largest absolute Gasteiger partial charge is 0.497 e. The normalized spacial score (nSPS) is 16.1. The molecule has 4 rings (SSSR count). The van der Waals surface area contributed by atoms with Crippen LogP contribution in [0.5, 0.6) is 5.75 Å². The predicted octanol–water partition coefficient (Wildman–Crippen LogP) is 5.13. The van der Waals surface area contributed by atoms with Crippen molar-refractivity contribution in [1.82, 2.24) is 9.80 Å². The molecule has 0 saturated carbocycles. The molecule has 2 amide bonds. The number of ether oxygens (including phenoxy) is 1. The first kappa shape index (κ1) is 22.6. The molecule has 5 nitrogen and oxygen atoms in total. The van der Waals surface area contributed by atoms with E-state index in [9.17, 15) is 9.59 Å². The molecule has 1 aliphatic heterocycles. The Morgan fingerprint density at radius 3 is 2.45 bits per heavy atom. The van der Waals surface area contributed by atoms with E-state index in [0.717, 1.165) is 36.0 Å². The summed E-state index contributed by atoms with van der Waals surface area (Å²) >= 11 is 0. The van der Waals surface area contributed by atoms with Gasteiger partial charge in [0.15, 0.2) is 0 Å². The van der Waals surface area contributed by atoms with E-state index in [1.807, 2.05) is 89.6 Å². The number of hydrogen-bond donors (Lipinski definition) is 0. The van der Waals surface area contributed by atoms with Crippen LogP contribution in [0.4, 0.5) is 0 Å². The van der Waals surface area contributed by atoms with Crippen molar-refractivity contribution in [3.8, 4) is 16.9 Å². The Bertz CT molecular complexity index is 1110. The van der Waals surface area contributed by atoms with E-state index in [1.54, 1.807) is 13.2 Å². The van der Waals surface area contributed by atoms with Gasteiger partial charge in [-0.05, 0) is 54.7 Å². The van der Waals surface area contributed by atoms with E-state index in [1.165, 1.54) is 0 Å². The van der Waals surface area contributed by atoms with Crippen LogP contribution >= 0.6 is 0 Å². The van der Waals surface area contributed by atoms with Crippen LogP contribution in [0.15, 0.2) is 78.9 Å². The molecule has 1 fully saturated rings. The summed E-state index contributed by atoms with van der Waals surface area (Å²) < 4.78 is 5.26. The molecule has 0 radical (unpaired) electrons. The molecule has 0 aliphatic carbocycles. The molecule has 3 aromatic rings. The van der Waals surface area contributed by atoms with Crippen LogP contribution in [0.1, 0.15) is 40.0 Å². The number of carbonyl (C=O) groups is 2. The molecule has 1 aliphatic rings. The van der Waals surface area contributed by atoms with Gasteiger partial charge in [-0.15, -0.1) is 0 Å². The van der Waals surface area contributed by atoms with Crippen LogP contribution in [0, 0.1) is 0 Å². The fourth-order valence-corrected chi connectivity index (χ4v) is 4.50. The summed E-state index contributed by atoms with van der Waals surface area (Å²) in [5, 5.41) is 0. The Morgan fingerprint density at radius 1 is 0.909 bits per heavy atom. The molecule has 0 N–H and O–H groups in total. The van der Waals surface area contributed by atoms with Gasteiger partial charge < -0.3 is 14.5 Å². The van der Waals surface area contributed by atoms with E-state index < -0.39 is 0 Å². The van der Waals surface area contributed by atoms with Gasteiger partial charge in [-0.1, -0.05) is 54.6 Å². The topological polar surface area (TPSA) is 49.9 Å². The van der Waals surface area contributed by atoms with Crippen LogP contribution in [-0.4, -0.2) is 54.9 Å². The van der Waals surface area contributed by atoms with Crippen molar-refractivity contribution < 1.29 is 14.3 Å². The lowest BCUT2D eigenvalue weighted by atomic mass is 9.99. The second-order valence-corrected chi connectivity index (χ2v) is 8.44. The smallest absolute Gasteiger partial charge is 0.254 e. The van der Waals surface area contributed by atoms with Gasteiger partial charge in [0.1, 0.15) is 5.75 Å². The minimum atomic E-state index is -0.0203. The SMILES string of the molecule is COc1cccc(C(=O)N(C)C2CCCN(C(=O)c3ccccc3-c3ccccc3)CC2)c1. The van der Waals surface area contributed by atoms with E-state index >= 15 is 0 Å². The lowest BCUT2D eigenvalue weighted by Crippen LogP contribution is -2.38. The van der Waals surface area contributed by atoms with Crippen molar-refractivity contribution in [2.24, 2.45) is 0 Å². The molecule has 33 heavy (non-hydrogen) atoms. The maximum absolute atomic E-state index is 13.5. The average Bonchev–Trinajstić information content (AvgIpc) is 3.14. The van der Waals surface area contributed by atoms with Gasteiger partial charge in [0.05, 0.1) is 7.11 Å². The average molecular weight is 443 g/mol. The molecule has 1 unspecified atom stereocenters. The molecule has 3 aromatic carbocycles. The fourth-order valence-electron chi connectivity index (χ4n) is 4.50. The number of likely N-dealkylation sites (tertiary alicyclic amines) is 1. The third kappa shape index (κ3) is 5.08. The number of rotatable bonds is 5. The van der Waals surface area contributed by atoms with Crippen molar-refractivity contribution in [3.05, 3.63) is 90.0 Å². The zero-order chi connectivity index (χ0) is 23.2. The summed E-state index contributed by atoms with van der Waals surface area (Å²) in [7, 11) is 3.45. The molecule has 0 aromatic heterocycles. The van der Waals surface area contributed by atoms with Crippen LogP contribution in [0.25, 0.3) is 11.1 Å². The molecule has 0 bridgehead atoms. The highest BCUT2D eigenvalue weighted by molar-refractivity contribution is 6.01. The highest BCUT2D eigenvalue weighted by atomic mass is 16.5. The standard InChI is InChI=1S/C28H30N2O3/c1-29(27(31)22-12-8-14-24(20-22)33-2)23-13-9-18-30(19-17-23)28(32)26-16-7-6-15-25(26)21-10-4-3-5-11-21/h3-8,10-12,14-16,20,23H,9,13,17-19H2,1-2H3. The van der Waals surface area contributed by atoms with Crippen molar-refractivity contribution in [3.63, 3.8) is 0 Å². The van der Waals surface area contributed by atoms with Crippen molar-refractivity contribution in [1.29, 1.82) is 0 Å². The lowest BCUT2D eigenvalue weighted by molar-refractivity contribution is 0.0710. The fraction of sp³-hybridized carbons (Fsp3) is 0.286. The van der Waals surface area contributed by atoms with Crippen molar-refractivity contribution in [2.75, 3.05) is 27.2 Å². The molecular formula is C28H30N2O3. The maximum Gasteiger partial charge on any atom is 0.254 e. The van der Waals surface area contributed by atoms with Gasteiger partial charge in [0.25, 0.3) is 11.8 Å². The molecular weight excluding hydrogens is 412 g/mol. The first-order valence-corrected chi connectivity index (χ1v) is 11.4. The molecule has 0 spiro atoms. The van der Waals surface area contributed by atoms with Gasteiger partial charge in [0, 0.05) is 37.3 Å². The minimum Gasteiger partial charge on any atom is -0.497 e. The number of carbonyl (C=O) groups excluding carboxylic acids is 2. The summed E-state index contributed by atoms with van der Waals surface area (Å²) in [6, 6.07) is 25.2. The van der Waals surface area contributed by atoms with Crippen LogP contribution in [-0.2, 0) is 0 Å². The van der Waals surface area contributed by atoms with Crippen LogP contribution < -0.4 is 4.74 Å². The first-order chi connectivity index (χ1) is 16.1. The molecule has 5 heteroatoms. The Labute approximate surface area is 195 Å². The Morgan fingerprint density at radius 2 is 1.67 bits per heavy atom. The van der Waals surface area contributed by atoms with E-state index in [4.69, 9.17) is 4.74 Å². The molecule has 1 atom stereocenters. The zero-order valence-corrected chi connectivity index (χ0v) is 19.2. The summed E-state index contributed by atoms with van der Waals surface area (Å²) in [5.41, 5.74) is 3.33. The van der Waals surface area contributed by atoms with E-state index in [0.29, 0.717) is 24.4 Å². The van der Waals surface area contributed by atoms with Crippen molar-refractivity contribution in [2.45, 2.75) is 25.3 Å². The highest BCUT2D eigenvalue weighted by Crippen LogP contribution is 2.26. The maximum atomic E-state index is 13.5. The quantitative estimate of drug-likeness (QED) is 0.550. The van der Waals surface area contributed by atoms with Gasteiger partial charge >= 0.3 is 0 Å². The van der Waals surface area contributed by atoms with Crippen LogP contribution in [0.3, 0.4) is 0 Å². The Balaban J connectivity index is 1.46. The second kappa shape index (κ2) is 10.3. The predicted molar refractivity (Wildman–Crippen MR) is 131 cm³/mol. The third-order valence-corrected chi connectivity index (χ3v) is 6.41. The molecule has 170 valence electrons. The number of amides is 2. The Kier molecular flexibility index (Phi) is 7.08. The summed E-state index contributed by atoms with van der Waals surface area (Å²) in [4.78, 5) is 30.3. The number of benzene rings is 3. The number of hydrogen-bond acceptors (Lipinski definition) is 3. The monoisotopic (exact) mass is 442 g/mol. The molecule has 1 saturated heterocycles. The minimum absolute atomic E-state index is 0.0203. The summed E-state index contributed by atoms with van der Waals surface area (Å²) in [6.07, 6.45) is 2.49. The summed E-state index contributed by atoms with van der Waals surface area (Å²) in [6.45, 7) is 1.32. The summed E-state index contributed by atoms with van der Waals surface area (Å²) in [5.74, 6) is 0.703. The van der Waals surface area contributed by atoms with E-state index in [2.05, 4.69) is 0 Å². The third-order valence-electron chi connectivity index (χ3n) is 6.41. The number of nitrogens with zero attached hydrogens (tertiary/aromatic N) is 2. The van der Waals surface area contributed by atoms with Gasteiger partial charge in [-0.3, -0.25) is 9.59 Å². The first-order valence-electron chi connectivity index (χ1n) is 11.4. The number of methoxy groups -OCH3 is 1.